The standard InChI is InChI=1S/C13H19N3S/c1-4-14-13(12-9-17-8-10(12)3)11-6-15-16(5-2)7-11/h6-9,13-14H,4-5H2,1-3H3. The maximum absolute atomic E-state index is 4.36. The molecule has 0 saturated carbocycles. The van der Waals surface area contributed by atoms with Gasteiger partial charge in [0, 0.05) is 18.3 Å². The van der Waals surface area contributed by atoms with Crippen LogP contribution >= 0.6 is 11.3 Å². The van der Waals surface area contributed by atoms with Gasteiger partial charge in [0.2, 0.25) is 0 Å². The quantitative estimate of drug-likeness (QED) is 0.883. The second kappa shape index (κ2) is 5.47. The van der Waals surface area contributed by atoms with Crippen molar-refractivity contribution < 1.29 is 0 Å². The Morgan fingerprint density at radius 2 is 2.24 bits per heavy atom. The van der Waals surface area contributed by atoms with E-state index in [-0.39, 0.29) is 6.04 Å². The molecule has 2 aromatic heterocycles. The predicted molar refractivity (Wildman–Crippen MR) is 72.5 cm³/mol. The van der Waals surface area contributed by atoms with Crippen LogP contribution in [0.15, 0.2) is 23.2 Å². The lowest BCUT2D eigenvalue weighted by Gasteiger charge is -2.16. The summed E-state index contributed by atoms with van der Waals surface area (Å²) in [6.07, 6.45) is 4.10. The average molecular weight is 249 g/mol. The molecule has 0 amide bonds. The van der Waals surface area contributed by atoms with Gasteiger partial charge in [0.25, 0.3) is 0 Å². The lowest BCUT2D eigenvalue weighted by Crippen LogP contribution is -2.21. The molecule has 0 fully saturated rings. The minimum absolute atomic E-state index is 0.270. The molecule has 0 aromatic carbocycles. The summed E-state index contributed by atoms with van der Waals surface area (Å²) in [5.41, 5.74) is 3.97. The maximum Gasteiger partial charge on any atom is 0.0618 e. The normalized spacial score (nSPS) is 12.9. The van der Waals surface area contributed by atoms with Crippen LogP contribution in [-0.2, 0) is 6.54 Å². The van der Waals surface area contributed by atoms with Gasteiger partial charge in [0.15, 0.2) is 0 Å². The molecule has 0 aliphatic heterocycles. The summed E-state index contributed by atoms with van der Waals surface area (Å²) in [5, 5.41) is 12.3. The first-order valence-electron chi connectivity index (χ1n) is 6.04. The first kappa shape index (κ1) is 12.3. The van der Waals surface area contributed by atoms with Crippen molar-refractivity contribution in [3.05, 3.63) is 39.8 Å². The highest BCUT2D eigenvalue weighted by atomic mass is 32.1. The van der Waals surface area contributed by atoms with Crippen LogP contribution in [0.4, 0.5) is 0 Å². The van der Waals surface area contributed by atoms with Gasteiger partial charge in [-0.05, 0) is 42.3 Å². The van der Waals surface area contributed by atoms with E-state index < -0.39 is 0 Å². The number of rotatable bonds is 5. The van der Waals surface area contributed by atoms with E-state index in [2.05, 4.69) is 48.1 Å². The zero-order valence-electron chi connectivity index (χ0n) is 10.6. The molecule has 0 radical (unpaired) electrons. The summed E-state index contributed by atoms with van der Waals surface area (Å²) in [6.45, 7) is 8.28. The Bertz CT molecular complexity index is 472. The summed E-state index contributed by atoms with van der Waals surface area (Å²) < 4.78 is 1.97. The number of nitrogens with zero attached hydrogens (tertiary/aromatic N) is 2. The van der Waals surface area contributed by atoms with Crippen molar-refractivity contribution in [3.63, 3.8) is 0 Å². The van der Waals surface area contributed by atoms with Gasteiger partial charge in [-0.2, -0.15) is 16.4 Å². The Hall–Kier alpha value is -1.13. The fraction of sp³-hybridized carbons (Fsp3) is 0.462. The van der Waals surface area contributed by atoms with Crippen LogP contribution in [0, 0.1) is 6.92 Å². The summed E-state index contributed by atoms with van der Waals surface area (Å²) >= 11 is 1.76. The largest absolute Gasteiger partial charge is 0.306 e. The zero-order valence-corrected chi connectivity index (χ0v) is 11.4. The van der Waals surface area contributed by atoms with E-state index in [1.54, 1.807) is 11.3 Å². The van der Waals surface area contributed by atoms with E-state index in [9.17, 15) is 0 Å². The molecule has 1 N–H and O–H groups in total. The topological polar surface area (TPSA) is 29.9 Å². The summed E-state index contributed by atoms with van der Waals surface area (Å²) in [6, 6.07) is 0.270. The minimum Gasteiger partial charge on any atom is -0.306 e. The molecule has 0 saturated heterocycles. The van der Waals surface area contributed by atoms with Gasteiger partial charge in [0.05, 0.1) is 12.2 Å². The van der Waals surface area contributed by atoms with Gasteiger partial charge in [0.1, 0.15) is 0 Å². The Morgan fingerprint density at radius 1 is 1.41 bits per heavy atom. The third-order valence-electron chi connectivity index (χ3n) is 2.92. The number of thiophene rings is 1. The lowest BCUT2D eigenvalue weighted by molar-refractivity contribution is 0.624. The molecule has 0 aliphatic rings. The molecule has 0 bridgehead atoms. The van der Waals surface area contributed by atoms with Crippen molar-refractivity contribution in [2.45, 2.75) is 33.4 Å². The van der Waals surface area contributed by atoms with E-state index in [0.29, 0.717) is 0 Å². The van der Waals surface area contributed by atoms with Gasteiger partial charge < -0.3 is 5.32 Å². The fourth-order valence-corrected chi connectivity index (χ4v) is 2.86. The van der Waals surface area contributed by atoms with E-state index in [4.69, 9.17) is 0 Å². The molecule has 92 valence electrons. The molecule has 3 nitrogen and oxygen atoms in total. The van der Waals surface area contributed by atoms with Gasteiger partial charge in [-0.15, -0.1) is 0 Å². The predicted octanol–water partition coefficient (Wildman–Crippen LogP) is 2.97. The molecule has 2 aromatic rings. The molecule has 0 spiro atoms. The smallest absolute Gasteiger partial charge is 0.0618 e. The first-order chi connectivity index (χ1) is 8.26. The van der Waals surface area contributed by atoms with E-state index in [1.165, 1.54) is 16.7 Å². The van der Waals surface area contributed by atoms with Crippen LogP contribution in [0.5, 0.6) is 0 Å². The summed E-state index contributed by atoms with van der Waals surface area (Å²) in [7, 11) is 0. The lowest BCUT2D eigenvalue weighted by atomic mass is 10.0. The van der Waals surface area contributed by atoms with Crippen LogP contribution in [0.1, 0.15) is 36.6 Å². The number of hydrogen-bond donors (Lipinski definition) is 1. The number of nitrogens with one attached hydrogen (secondary N) is 1. The van der Waals surface area contributed by atoms with Crippen LogP contribution in [0.2, 0.25) is 0 Å². The number of hydrogen-bond acceptors (Lipinski definition) is 3. The van der Waals surface area contributed by atoms with Crippen molar-refractivity contribution in [3.8, 4) is 0 Å². The molecule has 0 aliphatic carbocycles. The second-order valence-corrected chi connectivity index (χ2v) is 4.87. The monoisotopic (exact) mass is 249 g/mol. The SMILES string of the molecule is CCNC(c1cnn(CC)c1)c1cscc1C. The van der Waals surface area contributed by atoms with E-state index >= 15 is 0 Å². The highest BCUT2D eigenvalue weighted by Crippen LogP contribution is 2.27. The Labute approximate surface area is 106 Å². The van der Waals surface area contributed by atoms with Gasteiger partial charge in [-0.25, -0.2) is 0 Å². The Kier molecular flexibility index (Phi) is 3.97. The molecule has 4 heteroatoms. The van der Waals surface area contributed by atoms with Crippen LogP contribution < -0.4 is 5.32 Å². The number of aromatic nitrogens is 2. The first-order valence-corrected chi connectivity index (χ1v) is 6.99. The van der Waals surface area contributed by atoms with E-state index in [0.717, 1.165) is 13.1 Å². The van der Waals surface area contributed by atoms with Gasteiger partial charge in [-0.3, -0.25) is 4.68 Å². The second-order valence-electron chi connectivity index (χ2n) is 4.13. The van der Waals surface area contributed by atoms with Crippen molar-refractivity contribution in [2.75, 3.05) is 6.54 Å². The van der Waals surface area contributed by atoms with Gasteiger partial charge in [-0.1, -0.05) is 6.92 Å². The third-order valence-corrected chi connectivity index (χ3v) is 3.80. The summed E-state index contributed by atoms with van der Waals surface area (Å²) in [5.74, 6) is 0. The maximum atomic E-state index is 4.36. The van der Waals surface area contributed by atoms with Crippen LogP contribution in [0.3, 0.4) is 0 Å². The molecule has 2 rings (SSSR count). The zero-order chi connectivity index (χ0) is 12.3. The molecular formula is C13H19N3S. The number of aryl methyl sites for hydroxylation is 2. The van der Waals surface area contributed by atoms with Gasteiger partial charge >= 0.3 is 0 Å². The average Bonchev–Trinajstić information content (AvgIpc) is 2.95. The van der Waals surface area contributed by atoms with Crippen LogP contribution in [-0.4, -0.2) is 16.3 Å². The molecule has 1 unspecified atom stereocenters. The van der Waals surface area contributed by atoms with Crippen molar-refractivity contribution in [1.29, 1.82) is 0 Å². The molecular weight excluding hydrogens is 230 g/mol. The highest BCUT2D eigenvalue weighted by molar-refractivity contribution is 7.08. The molecule has 17 heavy (non-hydrogen) atoms. The highest BCUT2D eigenvalue weighted by Gasteiger charge is 2.17. The molecule has 1 atom stereocenters. The van der Waals surface area contributed by atoms with Crippen molar-refractivity contribution >= 4 is 11.3 Å². The Morgan fingerprint density at radius 3 is 2.76 bits per heavy atom. The summed E-state index contributed by atoms with van der Waals surface area (Å²) in [4.78, 5) is 0. The molecule has 2 heterocycles. The fourth-order valence-electron chi connectivity index (χ4n) is 1.98. The van der Waals surface area contributed by atoms with E-state index in [1.807, 2.05) is 10.9 Å². The minimum atomic E-state index is 0.270. The third kappa shape index (κ3) is 2.58. The van der Waals surface area contributed by atoms with Crippen molar-refractivity contribution in [1.82, 2.24) is 15.1 Å². The van der Waals surface area contributed by atoms with Crippen LogP contribution in [0.25, 0.3) is 0 Å². The Balaban J connectivity index is 2.32. The van der Waals surface area contributed by atoms with Crippen molar-refractivity contribution in [2.24, 2.45) is 0 Å².